The average Bonchev–Trinajstić information content (AvgIpc) is 2.42. The molecule has 0 saturated carbocycles. The molecular weight excluding hydrogens is 238 g/mol. The Morgan fingerprint density at radius 3 is 2.89 bits per heavy atom. The molecule has 1 aliphatic carbocycles. The van der Waals surface area contributed by atoms with Crippen molar-refractivity contribution in [2.75, 3.05) is 17.6 Å². The molecule has 0 fully saturated rings. The van der Waals surface area contributed by atoms with E-state index in [1.807, 2.05) is 19.1 Å². The van der Waals surface area contributed by atoms with Gasteiger partial charge in [-0.05, 0) is 44.4 Å². The first-order valence-electron chi connectivity index (χ1n) is 6.80. The Hall–Kier alpha value is -1.97. The van der Waals surface area contributed by atoms with Crippen LogP contribution in [-0.4, -0.2) is 18.5 Å². The van der Waals surface area contributed by atoms with E-state index in [4.69, 9.17) is 5.73 Å². The molecule has 19 heavy (non-hydrogen) atoms. The third-order valence-corrected chi connectivity index (χ3v) is 3.28. The van der Waals surface area contributed by atoms with Crippen LogP contribution in [0.2, 0.25) is 0 Å². The Labute approximate surface area is 114 Å². The zero-order chi connectivity index (χ0) is 13.7. The number of allylic oxidation sites excluding steroid dienone is 1. The normalized spacial score (nSPS) is 18.1. The summed E-state index contributed by atoms with van der Waals surface area (Å²) < 4.78 is 0. The van der Waals surface area contributed by atoms with E-state index in [2.05, 4.69) is 22.8 Å². The standard InChI is InChI=1S/C15H21N3O/c1-2-17-15(19)11-8-9-14(13(16)10-11)18-12-6-4-3-5-7-12/h3-4,8-10,12,18H,2,5-7,16H2,1H3,(H,17,19). The lowest BCUT2D eigenvalue weighted by Gasteiger charge is -2.21. The maximum atomic E-state index is 11.7. The molecule has 2 rings (SSSR count). The Balaban J connectivity index is 2.06. The molecule has 0 saturated heterocycles. The van der Waals surface area contributed by atoms with Crippen LogP contribution in [0.5, 0.6) is 0 Å². The van der Waals surface area contributed by atoms with E-state index < -0.39 is 0 Å². The number of nitrogen functional groups attached to an aromatic ring is 1. The van der Waals surface area contributed by atoms with Crippen molar-refractivity contribution in [2.24, 2.45) is 0 Å². The van der Waals surface area contributed by atoms with Gasteiger partial charge < -0.3 is 16.4 Å². The van der Waals surface area contributed by atoms with Gasteiger partial charge in [-0.15, -0.1) is 0 Å². The van der Waals surface area contributed by atoms with Crippen molar-refractivity contribution in [1.29, 1.82) is 0 Å². The van der Waals surface area contributed by atoms with Gasteiger partial charge in [-0.25, -0.2) is 0 Å². The minimum absolute atomic E-state index is 0.0821. The second-order valence-corrected chi connectivity index (χ2v) is 4.79. The monoisotopic (exact) mass is 259 g/mol. The fourth-order valence-electron chi connectivity index (χ4n) is 2.24. The molecule has 4 N–H and O–H groups in total. The summed E-state index contributed by atoms with van der Waals surface area (Å²) in [5.74, 6) is -0.0821. The lowest BCUT2D eigenvalue weighted by atomic mass is 10.0. The number of nitrogens with two attached hydrogens (primary N) is 1. The van der Waals surface area contributed by atoms with Gasteiger partial charge in [-0.3, -0.25) is 4.79 Å². The van der Waals surface area contributed by atoms with Crippen molar-refractivity contribution in [3.8, 4) is 0 Å². The van der Waals surface area contributed by atoms with Crippen molar-refractivity contribution >= 4 is 17.3 Å². The molecular formula is C15H21N3O. The van der Waals surface area contributed by atoms with Crippen LogP contribution in [0, 0.1) is 0 Å². The highest BCUT2D eigenvalue weighted by Crippen LogP contribution is 2.23. The van der Waals surface area contributed by atoms with Crippen molar-refractivity contribution in [1.82, 2.24) is 5.32 Å². The second kappa shape index (κ2) is 6.27. The van der Waals surface area contributed by atoms with E-state index in [9.17, 15) is 4.79 Å². The van der Waals surface area contributed by atoms with Crippen LogP contribution < -0.4 is 16.4 Å². The molecule has 4 nitrogen and oxygen atoms in total. The minimum Gasteiger partial charge on any atom is -0.397 e. The van der Waals surface area contributed by atoms with Crippen LogP contribution in [0.4, 0.5) is 11.4 Å². The summed E-state index contributed by atoms with van der Waals surface area (Å²) in [6, 6.07) is 5.86. The summed E-state index contributed by atoms with van der Waals surface area (Å²) in [7, 11) is 0. The summed E-state index contributed by atoms with van der Waals surface area (Å²) in [4.78, 5) is 11.7. The number of hydrogen-bond acceptors (Lipinski definition) is 3. The van der Waals surface area contributed by atoms with Gasteiger partial charge in [-0.2, -0.15) is 0 Å². The number of amides is 1. The number of nitrogens with one attached hydrogen (secondary N) is 2. The van der Waals surface area contributed by atoms with E-state index in [0.717, 1.165) is 24.9 Å². The molecule has 0 aliphatic heterocycles. The van der Waals surface area contributed by atoms with Gasteiger partial charge in [0.05, 0.1) is 11.4 Å². The van der Waals surface area contributed by atoms with Gasteiger partial charge >= 0.3 is 0 Å². The van der Waals surface area contributed by atoms with Crippen molar-refractivity contribution in [3.05, 3.63) is 35.9 Å². The number of rotatable bonds is 4. The molecule has 4 heteroatoms. The highest BCUT2D eigenvalue weighted by atomic mass is 16.1. The van der Waals surface area contributed by atoms with E-state index in [0.29, 0.717) is 23.8 Å². The Bertz CT molecular complexity index is 482. The van der Waals surface area contributed by atoms with Crippen LogP contribution in [0.15, 0.2) is 30.4 Å². The van der Waals surface area contributed by atoms with E-state index >= 15 is 0 Å². The van der Waals surface area contributed by atoms with Crippen LogP contribution in [-0.2, 0) is 0 Å². The molecule has 0 heterocycles. The zero-order valence-electron chi connectivity index (χ0n) is 11.3. The summed E-state index contributed by atoms with van der Waals surface area (Å²) in [5.41, 5.74) is 8.15. The van der Waals surface area contributed by atoms with Crippen LogP contribution in [0.1, 0.15) is 36.5 Å². The molecule has 1 aromatic rings. The first kappa shape index (κ1) is 13.5. The molecule has 0 radical (unpaired) electrons. The van der Waals surface area contributed by atoms with Gasteiger partial charge in [0.1, 0.15) is 0 Å². The van der Waals surface area contributed by atoms with Crippen LogP contribution in [0.25, 0.3) is 0 Å². The van der Waals surface area contributed by atoms with Gasteiger partial charge in [0.15, 0.2) is 0 Å². The van der Waals surface area contributed by atoms with Gasteiger partial charge in [0.25, 0.3) is 5.91 Å². The quantitative estimate of drug-likeness (QED) is 0.575. The number of benzene rings is 1. The van der Waals surface area contributed by atoms with Crippen molar-refractivity contribution in [2.45, 2.75) is 32.2 Å². The Morgan fingerprint density at radius 1 is 1.42 bits per heavy atom. The molecule has 102 valence electrons. The number of anilines is 2. The highest BCUT2D eigenvalue weighted by molar-refractivity contribution is 5.96. The first-order chi connectivity index (χ1) is 9.20. The Kier molecular flexibility index (Phi) is 4.44. The molecule has 1 atom stereocenters. The third kappa shape index (κ3) is 3.50. The molecule has 0 bridgehead atoms. The van der Waals surface area contributed by atoms with Crippen LogP contribution >= 0.6 is 0 Å². The number of carbonyl (C=O) groups is 1. The summed E-state index contributed by atoms with van der Waals surface area (Å²) in [5, 5.41) is 6.21. The largest absolute Gasteiger partial charge is 0.397 e. The average molecular weight is 259 g/mol. The van der Waals surface area contributed by atoms with Gasteiger partial charge in [0, 0.05) is 18.2 Å². The Morgan fingerprint density at radius 2 is 2.26 bits per heavy atom. The highest BCUT2D eigenvalue weighted by Gasteiger charge is 2.12. The molecule has 0 spiro atoms. The SMILES string of the molecule is CCNC(=O)c1ccc(NC2CC=CCC2)c(N)c1. The number of hydrogen-bond donors (Lipinski definition) is 3. The van der Waals surface area contributed by atoms with Gasteiger partial charge in [0.2, 0.25) is 0 Å². The zero-order valence-corrected chi connectivity index (χ0v) is 11.3. The lowest BCUT2D eigenvalue weighted by Crippen LogP contribution is -2.23. The molecule has 1 aliphatic rings. The van der Waals surface area contributed by atoms with Crippen LogP contribution in [0.3, 0.4) is 0 Å². The number of carbonyl (C=O) groups excluding carboxylic acids is 1. The maximum Gasteiger partial charge on any atom is 0.251 e. The fourth-order valence-corrected chi connectivity index (χ4v) is 2.24. The summed E-state index contributed by atoms with van der Waals surface area (Å²) in [6.07, 6.45) is 7.65. The minimum atomic E-state index is -0.0821. The molecule has 1 unspecified atom stereocenters. The molecule has 0 aromatic heterocycles. The predicted molar refractivity (Wildman–Crippen MR) is 79.3 cm³/mol. The van der Waals surface area contributed by atoms with E-state index in [-0.39, 0.29) is 5.91 Å². The summed E-state index contributed by atoms with van der Waals surface area (Å²) in [6.45, 7) is 2.51. The van der Waals surface area contributed by atoms with Gasteiger partial charge in [-0.1, -0.05) is 12.2 Å². The lowest BCUT2D eigenvalue weighted by molar-refractivity contribution is 0.0956. The van der Waals surface area contributed by atoms with Crippen molar-refractivity contribution in [3.63, 3.8) is 0 Å². The predicted octanol–water partition coefficient (Wildman–Crippen LogP) is 2.54. The second-order valence-electron chi connectivity index (χ2n) is 4.79. The summed E-state index contributed by atoms with van der Waals surface area (Å²) >= 11 is 0. The maximum absolute atomic E-state index is 11.7. The topological polar surface area (TPSA) is 67.2 Å². The van der Waals surface area contributed by atoms with E-state index in [1.54, 1.807) is 6.07 Å². The molecule has 1 aromatic carbocycles. The smallest absolute Gasteiger partial charge is 0.251 e. The van der Waals surface area contributed by atoms with E-state index in [1.165, 1.54) is 0 Å². The van der Waals surface area contributed by atoms with Crippen molar-refractivity contribution < 1.29 is 4.79 Å². The molecule has 1 amide bonds. The fraction of sp³-hybridized carbons (Fsp3) is 0.400. The third-order valence-electron chi connectivity index (χ3n) is 3.28. The first-order valence-corrected chi connectivity index (χ1v) is 6.80.